The Balaban J connectivity index is 1.70. The van der Waals surface area contributed by atoms with E-state index in [0.717, 1.165) is 16.0 Å². The van der Waals surface area contributed by atoms with Gasteiger partial charge in [0.15, 0.2) is 0 Å². The molecule has 0 aromatic heterocycles. The third-order valence-corrected chi connectivity index (χ3v) is 4.96. The van der Waals surface area contributed by atoms with Crippen molar-refractivity contribution in [3.63, 3.8) is 0 Å². The molecule has 2 unspecified atom stereocenters. The first kappa shape index (κ1) is 18.6. The molecule has 0 spiro atoms. The second kappa shape index (κ2) is 7.23. The van der Waals surface area contributed by atoms with E-state index < -0.39 is 17.5 Å². The molecular formula is C21H23N3O3. The molecule has 2 atom stereocenters. The molecule has 140 valence electrons. The maximum Gasteiger partial charge on any atom is 0.325 e. The minimum Gasteiger partial charge on any atom is -0.348 e. The fraction of sp³-hybridized carbons (Fsp3) is 0.286. The van der Waals surface area contributed by atoms with Crippen molar-refractivity contribution in [3.8, 4) is 0 Å². The fourth-order valence-corrected chi connectivity index (χ4v) is 3.39. The zero-order valence-corrected chi connectivity index (χ0v) is 15.7. The molecule has 2 aromatic rings. The van der Waals surface area contributed by atoms with E-state index in [2.05, 4.69) is 10.6 Å². The van der Waals surface area contributed by atoms with E-state index in [-0.39, 0.29) is 18.5 Å². The van der Waals surface area contributed by atoms with Crippen LogP contribution in [0.3, 0.4) is 0 Å². The van der Waals surface area contributed by atoms with Gasteiger partial charge in [0.25, 0.3) is 5.91 Å². The molecule has 2 N–H and O–H groups in total. The Hall–Kier alpha value is -3.15. The van der Waals surface area contributed by atoms with Gasteiger partial charge in [-0.25, -0.2) is 4.79 Å². The average molecular weight is 365 g/mol. The minimum absolute atomic E-state index is 0.222. The van der Waals surface area contributed by atoms with Gasteiger partial charge >= 0.3 is 6.03 Å². The largest absolute Gasteiger partial charge is 0.348 e. The first-order chi connectivity index (χ1) is 12.8. The molecular weight excluding hydrogens is 342 g/mol. The normalized spacial score (nSPS) is 20.3. The van der Waals surface area contributed by atoms with Crippen molar-refractivity contribution >= 4 is 17.8 Å². The van der Waals surface area contributed by atoms with Crippen molar-refractivity contribution in [2.75, 3.05) is 6.54 Å². The topological polar surface area (TPSA) is 78.5 Å². The van der Waals surface area contributed by atoms with Gasteiger partial charge in [0.2, 0.25) is 5.91 Å². The Kier molecular flexibility index (Phi) is 4.99. The second-order valence-electron chi connectivity index (χ2n) is 6.96. The number of carbonyl (C=O) groups is 3. The van der Waals surface area contributed by atoms with E-state index in [0.29, 0.717) is 5.56 Å². The van der Waals surface area contributed by atoms with Crippen molar-refractivity contribution in [3.05, 3.63) is 71.3 Å². The third-order valence-electron chi connectivity index (χ3n) is 4.96. The van der Waals surface area contributed by atoms with Crippen molar-refractivity contribution in [2.24, 2.45) is 0 Å². The Bertz CT molecular complexity index is 881. The van der Waals surface area contributed by atoms with E-state index >= 15 is 0 Å². The first-order valence-corrected chi connectivity index (χ1v) is 8.87. The van der Waals surface area contributed by atoms with Gasteiger partial charge in [-0.05, 0) is 37.5 Å². The van der Waals surface area contributed by atoms with Crippen LogP contribution >= 0.6 is 0 Å². The van der Waals surface area contributed by atoms with Gasteiger partial charge < -0.3 is 10.6 Å². The van der Waals surface area contributed by atoms with Crippen LogP contribution in [0.15, 0.2) is 54.6 Å². The Labute approximate surface area is 158 Å². The van der Waals surface area contributed by atoms with Crippen LogP contribution < -0.4 is 10.6 Å². The van der Waals surface area contributed by atoms with E-state index in [1.54, 1.807) is 31.2 Å². The predicted molar refractivity (Wildman–Crippen MR) is 102 cm³/mol. The summed E-state index contributed by atoms with van der Waals surface area (Å²) in [6.07, 6.45) is 0. The van der Waals surface area contributed by atoms with Crippen LogP contribution in [-0.2, 0) is 15.1 Å². The van der Waals surface area contributed by atoms with Gasteiger partial charge in [0.05, 0.1) is 6.04 Å². The maximum atomic E-state index is 12.8. The Morgan fingerprint density at radius 2 is 1.74 bits per heavy atom. The number of aryl methyl sites for hydroxylation is 1. The molecule has 6 heteroatoms. The highest BCUT2D eigenvalue weighted by atomic mass is 16.2. The molecule has 4 amide bonds. The smallest absolute Gasteiger partial charge is 0.325 e. The van der Waals surface area contributed by atoms with E-state index in [4.69, 9.17) is 0 Å². The molecule has 0 bridgehead atoms. The summed E-state index contributed by atoms with van der Waals surface area (Å²) in [4.78, 5) is 38.6. The van der Waals surface area contributed by atoms with Gasteiger partial charge in [-0.2, -0.15) is 0 Å². The van der Waals surface area contributed by atoms with Gasteiger partial charge in [-0.15, -0.1) is 0 Å². The molecule has 1 saturated heterocycles. The van der Waals surface area contributed by atoms with Crippen molar-refractivity contribution < 1.29 is 14.4 Å². The quantitative estimate of drug-likeness (QED) is 0.800. The van der Waals surface area contributed by atoms with Crippen LogP contribution in [0, 0.1) is 6.92 Å². The number of hydrogen-bond donors (Lipinski definition) is 2. The number of nitrogens with zero attached hydrogens (tertiary/aromatic N) is 1. The summed E-state index contributed by atoms with van der Waals surface area (Å²) in [6, 6.07) is 16.0. The monoisotopic (exact) mass is 365 g/mol. The van der Waals surface area contributed by atoms with Crippen molar-refractivity contribution in [1.82, 2.24) is 15.5 Å². The summed E-state index contributed by atoms with van der Waals surface area (Å²) in [5, 5.41) is 5.56. The number of nitrogens with one attached hydrogen (secondary N) is 2. The number of benzene rings is 2. The molecule has 6 nitrogen and oxygen atoms in total. The highest BCUT2D eigenvalue weighted by molar-refractivity contribution is 6.09. The highest BCUT2D eigenvalue weighted by Crippen LogP contribution is 2.28. The van der Waals surface area contributed by atoms with Crippen LogP contribution in [-0.4, -0.2) is 29.3 Å². The molecule has 2 aromatic carbocycles. The third kappa shape index (κ3) is 3.56. The zero-order chi connectivity index (χ0) is 19.6. The summed E-state index contributed by atoms with van der Waals surface area (Å²) in [5.74, 6) is -0.816. The van der Waals surface area contributed by atoms with Crippen molar-refractivity contribution in [1.29, 1.82) is 0 Å². The summed E-state index contributed by atoms with van der Waals surface area (Å²) in [6.45, 7) is 5.18. The van der Waals surface area contributed by atoms with Crippen LogP contribution in [0.2, 0.25) is 0 Å². The SMILES string of the molecule is Cc1ccccc1C(C)NC(=O)CN1C(=O)NC(C)(c2ccccc2)C1=O. The van der Waals surface area contributed by atoms with Crippen LogP contribution in [0.5, 0.6) is 0 Å². The maximum absolute atomic E-state index is 12.8. The van der Waals surface area contributed by atoms with Gasteiger partial charge in [-0.1, -0.05) is 54.6 Å². The lowest BCUT2D eigenvalue weighted by molar-refractivity contribution is -0.135. The zero-order valence-electron chi connectivity index (χ0n) is 15.7. The average Bonchev–Trinajstić information content (AvgIpc) is 2.87. The molecule has 0 radical (unpaired) electrons. The van der Waals surface area contributed by atoms with E-state index in [9.17, 15) is 14.4 Å². The number of imide groups is 1. The Morgan fingerprint density at radius 1 is 1.11 bits per heavy atom. The number of carbonyl (C=O) groups excluding carboxylic acids is 3. The first-order valence-electron chi connectivity index (χ1n) is 8.87. The summed E-state index contributed by atoms with van der Waals surface area (Å²) < 4.78 is 0. The number of urea groups is 1. The molecule has 1 heterocycles. The van der Waals surface area contributed by atoms with Gasteiger partial charge in [-0.3, -0.25) is 14.5 Å². The summed E-state index contributed by atoms with van der Waals surface area (Å²) >= 11 is 0. The van der Waals surface area contributed by atoms with E-state index in [1.165, 1.54) is 0 Å². The van der Waals surface area contributed by atoms with Crippen molar-refractivity contribution in [2.45, 2.75) is 32.4 Å². The molecule has 1 aliphatic rings. The lowest BCUT2D eigenvalue weighted by Crippen LogP contribution is -2.43. The molecule has 3 rings (SSSR count). The van der Waals surface area contributed by atoms with Crippen LogP contribution in [0.25, 0.3) is 0 Å². The second-order valence-corrected chi connectivity index (χ2v) is 6.96. The molecule has 0 saturated carbocycles. The highest BCUT2D eigenvalue weighted by Gasteiger charge is 2.49. The minimum atomic E-state index is -1.17. The molecule has 1 fully saturated rings. The van der Waals surface area contributed by atoms with Gasteiger partial charge in [0, 0.05) is 0 Å². The number of hydrogen-bond acceptors (Lipinski definition) is 3. The van der Waals surface area contributed by atoms with E-state index in [1.807, 2.05) is 44.2 Å². The molecule has 1 aliphatic heterocycles. The van der Waals surface area contributed by atoms with Crippen LogP contribution in [0.1, 0.15) is 36.6 Å². The number of amides is 4. The van der Waals surface area contributed by atoms with Crippen LogP contribution in [0.4, 0.5) is 4.79 Å². The predicted octanol–water partition coefficient (Wildman–Crippen LogP) is 2.64. The lowest BCUT2D eigenvalue weighted by atomic mass is 9.92. The fourth-order valence-electron chi connectivity index (χ4n) is 3.39. The number of rotatable bonds is 5. The summed E-state index contributed by atoms with van der Waals surface area (Å²) in [7, 11) is 0. The Morgan fingerprint density at radius 3 is 2.41 bits per heavy atom. The lowest BCUT2D eigenvalue weighted by Gasteiger charge is -2.22. The molecule has 27 heavy (non-hydrogen) atoms. The standard InChI is InChI=1S/C21H23N3O3/c1-14-9-7-8-12-17(14)15(2)22-18(25)13-24-19(26)21(3,23-20(24)27)16-10-5-4-6-11-16/h4-12,15H,13H2,1-3H3,(H,22,25)(H,23,27). The van der Waals surface area contributed by atoms with Gasteiger partial charge in [0.1, 0.15) is 12.1 Å². The summed E-state index contributed by atoms with van der Waals surface area (Å²) in [5.41, 5.74) is 1.58. The molecule has 0 aliphatic carbocycles.